The fourth-order valence-corrected chi connectivity index (χ4v) is 4.15. The van der Waals surface area contributed by atoms with Gasteiger partial charge in [0.2, 0.25) is 0 Å². The highest BCUT2D eigenvalue weighted by Gasteiger charge is 2.34. The minimum atomic E-state index is -0.174. The van der Waals surface area contributed by atoms with E-state index in [1.54, 1.807) is 0 Å². The van der Waals surface area contributed by atoms with E-state index in [-0.39, 0.29) is 5.91 Å². The van der Waals surface area contributed by atoms with Crippen molar-refractivity contribution in [3.63, 3.8) is 0 Å². The lowest BCUT2D eigenvalue weighted by atomic mass is 10.1. The highest BCUT2D eigenvalue weighted by molar-refractivity contribution is 5.93. The summed E-state index contributed by atoms with van der Waals surface area (Å²) in [6.07, 6.45) is 7.62. The van der Waals surface area contributed by atoms with Gasteiger partial charge < -0.3 is 10.2 Å². The van der Waals surface area contributed by atoms with Crippen LogP contribution in [0.4, 0.5) is 5.82 Å². The first-order chi connectivity index (χ1) is 14.8. The smallest absolute Gasteiger partial charge is 0.274 e. The van der Waals surface area contributed by atoms with Crippen molar-refractivity contribution in [1.29, 1.82) is 0 Å². The molecule has 1 aliphatic carbocycles. The second-order valence-corrected chi connectivity index (χ2v) is 8.06. The van der Waals surface area contributed by atoms with Gasteiger partial charge in [0.1, 0.15) is 5.82 Å². The summed E-state index contributed by atoms with van der Waals surface area (Å²) in [7, 11) is 0. The van der Waals surface area contributed by atoms with E-state index in [1.807, 2.05) is 53.3 Å². The number of benzene rings is 1. The van der Waals surface area contributed by atoms with Gasteiger partial charge in [-0.2, -0.15) is 0 Å². The number of aromatic nitrogens is 4. The molecule has 0 unspecified atom stereocenters. The number of nitrogens with one attached hydrogen (secondary N) is 1. The van der Waals surface area contributed by atoms with Crippen LogP contribution in [0, 0.1) is 0 Å². The summed E-state index contributed by atoms with van der Waals surface area (Å²) in [5, 5.41) is 11.6. The fraction of sp³-hybridized carbons (Fsp3) is 0.391. The number of piperidine rings is 1. The van der Waals surface area contributed by atoms with Gasteiger partial charge in [-0.05, 0) is 50.3 Å². The highest BCUT2D eigenvalue weighted by Crippen LogP contribution is 2.42. The fourth-order valence-electron chi connectivity index (χ4n) is 4.15. The number of nitrogens with zero attached hydrogens (tertiary/aromatic N) is 5. The first kappa shape index (κ1) is 18.8. The van der Waals surface area contributed by atoms with Crippen LogP contribution in [-0.2, 0) is 6.54 Å². The Labute approximate surface area is 176 Å². The molecular weight excluding hydrogens is 376 g/mol. The second kappa shape index (κ2) is 8.26. The van der Waals surface area contributed by atoms with Crippen molar-refractivity contribution in [1.82, 2.24) is 25.3 Å². The topological polar surface area (TPSA) is 75.9 Å². The quantitative estimate of drug-likeness (QED) is 0.683. The largest absolute Gasteiger partial charge is 0.356 e. The summed E-state index contributed by atoms with van der Waals surface area (Å²) in [6.45, 7) is 2.48. The number of pyridine rings is 1. The van der Waals surface area contributed by atoms with Crippen molar-refractivity contribution in [2.24, 2.45) is 0 Å². The molecule has 1 saturated carbocycles. The Morgan fingerprint density at radius 3 is 2.60 bits per heavy atom. The Bertz CT molecular complexity index is 1020. The minimum absolute atomic E-state index is 0.174. The van der Waals surface area contributed by atoms with Crippen LogP contribution in [0.25, 0.3) is 5.69 Å². The molecule has 0 spiro atoms. The van der Waals surface area contributed by atoms with E-state index in [0.717, 1.165) is 48.7 Å². The van der Waals surface area contributed by atoms with Crippen LogP contribution >= 0.6 is 0 Å². The van der Waals surface area contributed by atoms with Gasteiger partial charge in [0.25, 0.3) is 5.91 Å². The van der Waals surface area contributed by atoms with E-state index in [0.29, 0.717) is 18.2 Å². The molecule has 5 rings (SSSR count). The predicted molar refractivity (Wildman–Crippen MR) is 115 cm³/mol. The summed E-state index contributed by atoms with van der Waals surface area (Å²) < 4.78 is 1.82. The zero-order chi connectivity index (χ0) is 20.3. The predicted octanol–water partition coefficient (Wildman–Crippen LogP) is 3.46. The number of amides is 1. The van der Waals surface area contributed by atoms with Crippen LogP contribution < -0.4 is 10.2 Å². The maximum atomic E-state index is 13.0. The number of rotatable bonds is 6. The average Bonchev–Trinajstić information content (AvgIpc) is 3.56. The third-order valence-electron chi connectivity index (χ3n) is 5.85. The standard InChI is InChI=1S/C23H26N6O/c30-23(25-16-18-8-7-13-24-22(18)28-14-5-2-6-15-28)20-21(17-11-12-17)29(27-26-20)19-9-3-1-4-10-19/h1,3-4,7-10,13,17H,2,5-6,11-12,14-16H2,(H,25,30). The third kappa shape index (κ3) is 3.79. The molecule has 0 radical (unpaired) electrons. The Hall–Kier alpha value is -3.22. The van der Waals surface area contributed by atoms with E-state index in [2.05, 4.69) is 25.5 Å². The summed E-state index contributed by atoms with van der Waals surface area (Å²) in [5.74, 6) is 1.16. The van der Waals surface area contributed by atoms with Crippen LogP contribution in [-0.4, -0.2) is 39.0 Å². The van der Waals surface area contributed by atoms with Gasteiger partial charge in [-0.15, -0.1) is 5.10 Å². The molecule has 1 N–H and O–H groups in total. The lowest BCUT2D eigenvalue weighted by molar-refractivity contribution is 0.0945. The van der Waals surface area contributed by atoms with Gasteiger partial charge in [-0.3, -0.25) is 4.79 Å². The molecular formula is C23H26N6O. The van der Waals surface area contributed by atoms with Gasteiger partial charge in [0, 0.05) is 37.3 Å². The average molecular weight is 403 g/mol. The SMILES string of the molecule is O=C(NCc1cccnc1N1CCCCC1)c1nnn(-c2ccccc2)c1C1CC1. The maximum absolute atomic E-state index is 13.0. The lowest BCUT2D eigenvalue weighted by Crippen LogP contribution is -2.32. The molecule has 1 amide bonds. The number of hydrogen-bond acceptors (Lipinski definition) is 5. The molecule has 7 nitrogen and oxygen atoms in total. The molecule has 30 heavy (non-hydrogen) atoms. The lowest BCUT2D eigenvalue weighted by Gasteiger charge is -2.29. The van der Waals surface area contributed by atoms with Crippen molar-refractivity contribution in [3.8, 4) is 5.69 Å². The monoisotopic (exact) mass is 402 g/mol. The van der Waals surface area contributed by atoms with Gasteiger partial charge >= 0.3 is 0 Å². The molecule has 2 aliphatic rings. The van der Waals surface area contributed by atoms with Crippen LogP contribution in [0.3, 0.4) is 0 Å². The Morgan fingerprint density at radius 2 is 1.83 bits per heavy atom. The van der Waals surface area contributed by atoms with Crippen molar-refractivity contribution in [3.05, 3.63) is 65.6 Å². The molecule has 1 saturated heterocycles. The molecule has 3 heterocycles. The zero-order valence-corrected chi connectivity index (χ0v) is 17.0. The number of carbonyl (C=O) groups is 1. The Kier molecular flexibility index (Phi) is 5.17. The van der Waals surface area contributed by atoms with Crippen LogP contribution in [0.1, 0.15) is 59.8 Å². The first-order valence-electron chi connectivity index (χ1n) is 10.8. The van der Waals surface area contributed by atoms with E-state index >= 15 is 0 Å². The summed E-state index contributed by atoms with van der Waals surface area (Å²) in [4.78, 5) is 20.0. The molecule has 7 heteroatoms. The normalized spacial score (nSPS) is 16.5. The van der Waals surface area contributed by atoms with E-state index in [9.17, 15) is 4.79 Å². The Balaban J connectivity index is 1.35. The summed E-state index contributed by atoms with van der Waals surface area (Å²) >= 11 is 0. The van der Waals surface area contributed by atoms with Crippen LogP contribution in [0.5, 0.6) is 0 Å². The van der Waals surface area contributed by atoms with Gasteiger partial charge in [0.05, 0.1) is 11.4 Å². The molecule has 3 aromatic rings. The Morgan fingerprint density at radius 1 is 1.03 bits per heavy atom. The molecule has 2 fully saturated rings. The number of anilines is 1. The maximum Gasteiger partial charge on any atom is 0.274 e. The van der Waals surface area contributed by atoms with Crippen molar-refractivity contribution in [2.75, 3.05) is 18.0 Å². The minimum Gasteiger partial charge on any atom is -0.356 e. The van der Waals surface area contributed by atoms with Crippen molar-refractivity contribution in [2.45, 2.75) is 44.6 Å². The molecule has 1 aliphatic heterocycles. The van der Waals surface area contributed by atoms with Crippen LogP contribution in [0.2, 0.25) is 0 Å². The van der Waals surface area contributed by atoms with Crippen LogP contribution in [0.15, 0.2) is 48.7 Å². The van der Waals surface area contributed by atoms with Gasteiger partial charge in [-0.25, -0.2) is 9.67 Å². The van der Waals surface area contributed by atoms with Gasteiger partial charge in [0.15, 0.2) is 5.69 Å². The van der Waals surface area contributed by atoms with E-state index in [4.69, 9.17) is 0 Å². The molecule has 0 bridgehead atoms. The first-order valence-corrected chi connectivity index (χ1v) is 10.8. The number of carbonyl (C=O) groups excluding carboxylic acids is 1. The summed E-state index contributed by atoms with van der Waals surface area (Å²) in [6, 6.07) is 13.9. The third-order valence-corrected chi connectivity index (χ3v) is 5.85. The van der Waals surface area contributed by atoms with E-state index < -0.39 is 0 Å². The molecule has 1 aromatic carbocycles. The van der Waals surface area contributed by atoms with Crippen molar-refractivity contribution < 1.29 is 4.79 Å². The summed E-state index contributed by atoms with van der Waals surface area (Å²) in [5.41, 5.74) is 3.33. The van der Waals surface area contributed by atoms with Gasteiger partial charge in [-0.1, -0.05) is 29.5 Å². The molecule has 154 valence electrons. The molecule has 0 atom stereocenters. The zero-order valence-electron chi connectivity index (χ0n) is 17.0. The van der Waals surface area contributed by atoms with Crippen molar-refractivity contribution >= 4 is 11.7 Å². The van der Waals surface area contributed by atoms with E-state index in [1.165, 1.54) is 19.3 Å². The highest BCUT2D eigenvalue weighted by atomic mass is 16.2. The number of hydrogen-bond donors (Lipinski definition) is 1. The second-order valence-electron chi connectivity index (χ2n) is 8.06. The number of para-hydroxylation sites is 1. The molecule has 2 aromatic heterocycles.